The van der Waals surface area contributed by atoms with Crippen molar-refractivity contribution in [1.29, 1.82) is 0 Å². The first-order valence-corrected chi connectivity index (χ1v) is 7.80. The first-order chi connectivity index (χ1) is 11.1. The zero-order valence-corrected chi connectivity index (χ0v) is 12.9. The highest BCUT2D eigenvalue weighted by molar-refractivity contribution is 5.92. The van der Waals surface area contributed by atoms with Crippen LogP contribution in [-0.2, 0) is 6.54 Å². The molecule has 2 N–H and O–H groups in total. The standard InChI is InChI=1S/C17H20N4O2/c18-14-7-4-10-20(12-14)17(23)15-8-9-16(22)21(19-15)11-13-5-2-1-3-6-13/h1-3,5-6,8-9,14H,4,7,10-12,18H2. The topological polar surface area (TPSA) is 81.2 Å². The van der Waals surface area contributed by atoms with E-state index in [1.165, 1.54) is 16.8 Å². The summed E-state index contributed by atoms with van der Waals surface area (Å²) >= 11 is 0. The van der Waals surface area contributed by atoms with Gasteiger partial charge in [0.05, 0.1) is 6.54 Å². The van der Waals surface area contributed by atoms with Crippen LogP contribution in [0.2, 0.25) is 0 Å². The summed E-state index contributed by atoms with van der Waals surface area (Å²) in [6, 6.07) is 12.5. The number of nitrogens with two attached hydrogens (primary N) is 1. The van der Waals surface area contributed by atoms with Gasteiger partial charge < -0.3 is 10.6 Å². The smallest absolute Gasteiger partial charge is 0.274 e. The second-order valence-corrected chi connectivity index (χ2v) is 5.85. The normalized spacial score (nSPS) is 18.0. The summed E-state index contributed by atoms with van der Waals surface area (Å²) in [4.78, 5) is 26.3. The molecule has 0 saturated carbocycles. The van der Waals surface area contributed by atoms with Gasteiger partial charge in [0.25, 0.3) is 11.5 Å². The highest BCUT2D eigenvalue weighted by atomic mass is 16.2. The van der Waals surface area contributed by atoms with Gasteiger partial charge >= 0.3 is 0 Å². The number of amides is 1. The largest absolute Gasteiger partial charge is 0.336 e. The first-order valence-electron chi connectivity index (χ1n) is 7.80. The van der Waals surface area contributed by atoms with Gasteiger partial charge in [0.2, 0.25) is 0 Å². The molecule has 3 rings (SSSR count). The fraction of sp³-hybridized carbons (Fsp3) is 0.353. The van der Waals surface area contributed by atoms with E-state index in [1.54, 1.807) is 4.90 Å². The molecule has 6 nitrogen and oxygen atoms in total. The lowest BCUT2D eigenvalue weighted by atomic mass is 10.1. The van der Waals surface area contributed by atoms with Gasteiger partial charge in [-0.25, -0.2) is 4.68 Å². The Balaban J connectivity index is 1.82. The molecule has 6 heteroatoms. The van der Waals surface area contributed by atoms with Crippen LogP contribution in [0, 0.1) is 0 Å². The Morgan fingerprint density at radius 1 is 1.22 bits per heavy atom. The monoisotopic (exact) mass is 312 g/mol. The molecule has 1 aromatic carbocycles. The van der Waals surface area contributed by atoms with Gasteiger partial charge in [-0.05, 0) is 24.5 Å². The molecule has 2 heterocycles. The first kappa shape index (κ1) is 15.4. The van der Waals surface area contributed by atoms with Crippen molar-refractivity contribution in [3.8, 4) is 0 Å². The number of benzene rings is 1. The molecule has 2 aromatic rings. The number of carbonyl (C=O) groups is 1. The maximum Gasteiger partial charge on any atom is 0.274 e. The molecule has 120 valence electrons. The summed E-state index contributed by atoms with van der Waals surface area (Å²) in [5.41, 5.74) is 6.96. The number of hydrogen-bond donors (Lipinski definition) is 1. The number of likely N-dealkylation sites (tertiary alicyclic amines) is 1. The third-order valence-electron chi connectivity index (χ3n) is 4.01. The fourth-order valence-electron chi connectivity index (χ4n) is 2.79. The second kappa shape index (κ2) is 6.75. The van der Waals surface area contributed by atoms with Crippen LogP contribution < -0.4 is 11.3 Å². The lowest BCUT2D eigenvalue weighted by Crippen LogP contribution is -2.46. The molecular weight excluding hydrogens is 292 g/mol. The molecule has 1 aromatic heterocycles. The summed E-state index contributed by atoms with van der Waals surface area (Å²) in [6.07, 6.45) is 1.83. The Bertz CT molecular complexity index is 742. The minimum absolute atomic E-state index is 0.0166. The highest BCUT2D eigenvalue weighted by Crippen LogP contribution is 2.11. The summed E-state index contributed by atoms with van der Waals surface area (Å²) in [5, 5.41) is 4.24. The van der Waals surface area contributed by atoms with Gasteiger partial charge in [-0.1, -0.05) is 30.3 Å². The summed E-state index contributed by atoms with van der Waals surface area (Å²) < 4.78 is 1.33. The van der Waals surface area contributed by atoms with Gasteiger partial charge in [-0.3, -0.25) is 9.59 Å². The van der Waals surface area contributed by atoms with E-state index in [0.717, 1.165) is 18.4 Å². The van der Waals surface area contributed by atoms with Crippen LogP contribution in [-0.4, -0.2) is 39.7 Å². The number of hydrogen-bond acceptors (Lipinski definition) is 4. The maximum absolute atomic E-state index is 12.6. The van der Waals surface area contributed by atoms with Gasteiger partial charge in [0.1, 0.15) is 5.69 Å². The molecule has 0 bridgehead atoms. The van der Waals surface area contributed by atoms with E-state index < -0.39 is 0 Å². The van der Waals surface area contributed by atoms with Crippen molar-refractivity contribution in [2.45, 2.75) is 25.4 Å². The van der Waals surface area contributed by atoms with Crippen molar-refractivity contribution in [3.05, 3.63) is 64.1 Å². The number of piperidine rings is 1. The molecular formula is C17H20N4O2. The minimum atomic E-state index is -0.222. The van der Waals surface area contributed by atoms with Crippen LogP contribution in [0.1, 0.15) is 28.9 Å². The number of aromatic nitrogens is 2. The van der Waals surface area contributed by atoms with Crippen LogP contribution in [0.25, 0.3) is 0 Å². The van der Waals surface area contributed by atoms with Crippen molar-refractivity contribution in [3.63, 3.8) is 0 Å². The Morgan fingerprint density at radius 2 is 2.00 bits per heavy atom. The lowest BCUT2D eigenvalue weighted by molar-refractivity contribution is 0.0700. The molecule has 0 radical (unpaired) electrons. The fourth-order valence-corrected chi connectivity index (χ4v) is 2.79. The Hall–Kier alpha value is -2.47. The van der Waals surface area contributed by atoms with E-state index in [-0.39, 0.29) is 23.2 Å². The second-order valence-electron chi connectivity index (χ2n) is 5.85. The Morgan fingerprint density at radius 3 is 2.74 bits per heavy atom. The van der Waals surface area contributed by atoms with Crippen molar-refractivity contribution in [2.24, 2.45) is 5.73 Å². The molecule has 0 aliphatic carbocycles. The highest BCUT2D eigenvalue weighted by Gasteiger charge is 2.23. The van der Waals surface area contributed by atoms with Crippen molar-refractivity contribution in [1.82, 2.24) is 14.7 Å². The van der Waals surface area contributed by atoms with E-state index >= 15 is 0 Å². The zero-order valence-electron chi connectivity index (χ0n) is 12.9. The van der Waals surface area contributed by atoms with E-state index in [2.05, 4.69) is 5.10 Å². The van der Waals surface area contributed by atoms with Crippen LogP contribution in [0.5, 0.6) is 0 Å². The molecule has 1 aliphatic heterocycles. The van der Waals surface area contributed by atoms with Crippen LogP contribution >= 0.6 is 0 Å². The van der Waals surface area contributed by atoms with Crippen LogP contribution in [0.3, 0.4) is 0 Å². The predicted molar refractivity (Wildman–Crippen MR) is 87.2 cm³/mol. The van der Waals surface area contributed by atoms with Crippen molar-refractivity contribution >= 4 is 5.91 Å². The molecule has 1 fully saturated rings. The molecule has 1 aliphatic rings. The molecule has 1 unspecified atom stereocenters. The average Bonchev–Trinajstić information content (AvgIpc) is 2.57. The third kappa shape index (κ3) is 3.65. The SMILES string of the molecule is NC1CCCN(C(=O)c2ccc(=O)n(Cc3ccccc3)n2)C1. The minimum Gasteiger partial charge on any atom is -0.336 e. The van der Waals surface area contributed by atoms with E-state index in [4.69, 9.17) is 5.73 Å². The number of carbonyl (C=O) groups excluding carboxylic acids is 1. The van der Waals surface area contributed by atoms with Crippen molar-refractivity contribution < 1.29 is 4.79 Å². The van der Waals surface area contributed by atoms with Gasteiger partial charge in [0, 0.05) is 25.2 Å². The predicted octanol–water partition coefficient (Wildman–Crippen LogP) is 0.855. The van der Waals surface area contributed by atoms with Crippen molar-refractivity contribution in [2.75, 3.05) is 13.1 Å². The number of rotatable bonds is 3. The summed E-state index contributed by atoms with van der Waals surface area (Å²) in [5.74, 6) is -0.165. The van der Waals surface area contributed by atoms with Gasteiger partial charge in [-0.15, -0.1) is 0 Å². The van der Waals surface area contributed by atoms with Gasteiger partial charge in [0.15, 0.2) is 0 Å². The molecule has 0 spiro atoms. The third-order valence-corrected chi connectivity index (χ3v) is 4.01. The van der Waals surface area contributed by atoms with Crippen LogP contribution in [0.15, 0.2) is 47.3 Å². The molecule has 1 atom stereocenters. The number of nitrogens with zero attached hydrogens (tertiary/aromatic N) is 3. The zero-order chi connectivity index (χ0) is 16.2. The van der Waals surface area contributed by atoms with E-state index in [0.29, 0.717) is 19.6 Å². The maximum atomic E-state index is 12.6. The summed E-state index contributed by atoms with van der Waals surface area (Å²) in [7, 11) is 0. The van der Waals surface area contributed by atoms with E-state index in [1.807, 2.05) is 30.3 Å². The van der Waals surface area contributed by atoms with Crippen LogP contribution in [0.4, 0.5) is 0 Å². The van der Waals surface area contributed by atoms with E-state index in [9.17, 15) is 9.59 Å². The Labute approximate surface area is 134 Å². The molecule has 1 amide bonds. The summed E-state index contributed by atoms with van der Waals surface area (Å²) in [6.45, 7) is 1.57. The lowest BCUT2D eigenvalue weighted by Gasteiger charge is -2.30. The quantitative estimate of drug-likeness (QED) is 0.911. The average molecular weight is 312 g/mol. The van der Waals surface area contributed by atoms with Gasteiger partial charge in [-0.2, -0.15) is 5.10 Å². The molecule has 1 saturated heterocycles. The Kier molecular flexibility index (Phi) is 4.52. The molecule has 23 heavy (non-hydrogen) atoms.